The highest BCUT2D eigenvalue weighted by molar-refractivity contribution is 7.90. The van der Waals surface area contributed by atoms with E-state index >= 15 is 0 Å². The van der Waals surface area contributed by atoms with Gasteiger partial charge in [-0.15, -0.1) is 5.10 Å². The van der Waals surface area contributed by atoms with Gasteiger partial charge in [0.05, 0.1) is 12.2 Å². The van der Waals surface area contributed by atoms with E-state index in [1.54, 1.807) is 29.1 Å². The lowest BCUT2D eigenvalue weighted by molar-refractivity contribution is 0.0981. The third kappa shape index (κ3) is 5.98. The number of aromatic nitrogens is 4. The molecule has 210 valence electrons. The fourth-order valence-corrected chi connectivity index (χ4v) is 6.19. The van der Waals surface area contributed by atoms with E-state index < -0.39 is 15.9 Å². The van der Waals surface area contributed by atoms with Crippen LogP contribution in [0.5, 0.6) is 5.88 Å². The van der Waals surface area contributed by atoms with E-state index in [4.69, 9.17) is 15.5 Å². The first kappa shape index (κ1) is 28.7. The molecule has 3 N–H and O–H groups in total. The van der Waals surface area contributed by atoms with Gasteiger partial charge in [0, 0.05) is 30.5 Å². The van der Waals surface area contributed by atoms with Crippen LogP contribution in [0, 0.1) is 11.8 Å². The predicted molar refractivity (Wildman–Crippen MR) is 153 cm³/mol. The second-order valence-electron chi connectivity index (χ2n) is 10.8. The van der Waals surface area contributed by atoms with Gasteiger partial charge in [-0.3, -0.25) is 4.79 Å². The Morgan fingerprint density at radius 3 is 2.64 bits per heavy atom. The molecule has 11 nitrogen and oxygen atoms in total. The number of nitrogens with two attached hydrogens (primary N) is 1. The van der Waals surface area contributed by atoms with Gasteiger partial charge in [-0.1, -0.05) is 13.3 Å². The number of nitrogens with one attached hydrogen (secondary N) is 1. The Kier molecular flexibility index (Phi) is 8.12. The summed E-state index contributed by atoms with van der Waals surface area (Å²) >= 11 is 0. The van der Waals surface area contributed by atoms with Gasteiger partial charge in [0.1, 0.15) is 16.5 Å². The standard InChI is InChI=1S/C26H33N7O4S.H2S/c1-17-14-26(2,3)32(15-17)24-19(25(34)31-38(35,36)20-8-5-12-28-23(20)27)9-10-21(29-24)33-13-11-22(30-33)37-16-18-6-4-7-18;/h5,8-13,17-18H,4,6-7,14-16H2,1-3H3,(H2,27,28)(H,31,34);1H2/t17-;/m0./s1. The van der Waals surface area contributed by atoms with E-state index in [1.165, 1.54) is 37.6 Å². The summed E-state index contributed by atoms with van der Waals surface area (Å²) in [5.74, 6) is 1.34. The molecule has 5 rings (SSSR count). The number of amides is 1. The lowest BCUT2D eigenvalue weighted by Gasteiger charge is -2.34. The molecule has 39 heavy (non-hydrogen) atoms. The van der Waals surface area contributed by atoms with Crippen molar-refractivity contribution in [1.82, 2.24) is 24.5 Å². The minimum absolute atomic E-state index is 0. The Bertz CT molecular complexity index is 1450. The van der Waals surface area contributed by atoms with Gasteiger partial charge < -0.3 is 15.4 Å². The van der Waals surface area contributed by atoms with Gasteiger partial charge in [0.15, 0.2) is 5.82 Å². The molecule has 1 amide bonds. The summed E-state index contributed by atoms with van der Waals surface area (Å²) in [6, 6.07) is 7.74. The fraction of sp³-hybridized carbons (Fsp3) is 0.462. The van der Waals surface area contributed by atoms with Crippen molar-refractivity contribution in [2.45, 2.75) is 56.9 Å². The highest BCUT2D eigenvalue weighted by atomic mass is 32.2. The summed E-state index contributed by atoms with van der Waals surface area (Å²) in [5, 5.41) is 4.51. The number of pyridine rings is 2. The third-order valence-electron chi connectivity index (χ3n) is 7.24. The largest absolute Gasteiger partial charge is 0.476 e. The average molecular weight is 574 g/mol. The minimum atomic E-state index is -4.26. The zero-order valence-corrected chi connectivity index (χ0v) is 24.1. The molecular formula is C26H35N7O4S2. The first-order valence-corrected chi connectivity index (χ1v) is 14.3. The molecule has 1 atom stereocenters. The highest BCUT2D eigenvalue weighted by Crippen LogP contribution is 2.38. The zero-order valence-electron chi connectivity index (χ0n) is 22.3. The normalized spacial score (nSPS) is 18.7. The lowest BCUT2D eigenvalue weighted by atomic mass is 9.86. The van der Waals surface area contributed by atoms with Crippen molar-refractivity contribution in [2.24, 2.45) is 11.8 Å². The van der Waals surface area contributed by atoms with Crippen LogP contribution in [0.25, 0.3) is 5.82 Å². The minimum Gasteiger partial charge on any atom is -0.476 e. The van der Waals surface area contributed by atoms with E-state index in [9.17, 15) is 13.2 Å². The van der Waals surface area contributed by atoms with Crippen molar-refractivity contribution in [3.05, 3.63) is 48.3 Å². The lowest BCUT2D eigenvalue weighted by Crippen LogP contribution is -2.41. The van der Waals surface area contributed by atoms with Crippen molar-refractivity contribution in [1.29, 1.82) is 0 Å². The number of carbonyl (C=O) groups excluding carboxylic acids is 1. The first-order valence-electron chi connectivity index (χ1n) is 12.8. The van der Waals surface area contributed by atoms with Crippen LogP contribution < -0.4 is 20.1 Å². The van der Waals surface area contributed by atoms with Crippen LogP contribution in [-0.2, 0) is 10.0 Å². The monoisotopic (exact) mass is 573 g/mol. The van der Waals surface area contributed by atoms with Crippen LogP contribution in [0.1, 0.15) is 56.8 Å². The van der Waals surface area contributed by atoms with E-state index in [0.717, 1.165) is 6.42 Å². The Morgan fingerprint density at radius 2 is 2.00 bits per heavy atom. The second-order valence-corrected chi connectivity index (χ2v) is 12.5. The molecule has 1 aliphatic heterocycles. The highest BCUT2D eigenvalue weighted by Gasteiger charge is 2.39. The number of ether oxygens (including phenoxy) is 1. The SMILES string of the molecule is C[C@@H]1CN(c2nc(-n3ccc(OCC4CCC4)n3)ccc2C(=O)NS(=O)(=O)c2cccnc2N)C(C)(C)C1.S. The summed E-state index contributed by atoms with van der Waals surface area (Å²) < 4.78 is 35.5. The molecule has 0 bridgehead atoms. The molecule has 1 aliphatic carbocycles. The van der Waals surface area contributed by atoms with Gasteiger partial charge in [-0.2, -0.15) is 13.5 Å². The average Bonchev–Trinajstić information content (AvgIpc) is 3.40. The topological polar surface area (TPSA) is 145 Å². The van der Waals surface area contributed by atoms with Gasteiger partial charge in [0.25, 0.3) is 15.9 Å². The molecule has 3 aromatic heterocycles. The van der Waals surface area contributed by atoms with Crippen molar-refractivity contribution in [3.8, 4) is 11.7 Å². The van der Waals surface area contributed by atoms with Gasteiger partial charge >= 0.3 is 0 Å². The molecule has 2 aliphatic rings. The molecule has 2 fully saturated rings. The number of carbonyl (C=O) groups is 1. The van der Waals surface area contributed by atoms with Crippen molar-refractivity contribution < 1.29 is 17.9 Å². The van der Waals surface area contributed by atoms with Gasteiger partial charge in [0.2, 0.25) is 5.88 Å². The van der Waals surface area contributed by atoms with Crippen LogP contribution in [0.15, 0.2) is 47.6 Å². The summed E-state index contributed by atoms with van der Waals surface area (Å²) in [6.45, 7) is 7.62. The Balaban J connectivity index is 0.00000353. The Labute approximate surface area is 235 Å². The molecule has 0 spiro atoms. The molecular weight excluding hydrogens is 538 g/mol. The predicted octanol–water partition coefficient (Wildman–Crippen LogP) is 3.28. The quantitative estimate of drug-likeness (QED) is 0.415. The number of rotatable bonds is 8. The summed E-state index contributed by atoms with van der Waals surface area (Å²) in [4.78, 5) is 23.8. The number of sulfonamides is 1. The van der Waals surface area contributed by atoms with Crippen molar-refractivity contribution in [2.75, 3.05) is 23.8 Å². The summed E-state index contributed by atoms with van der Waals surface area (Å²) in [5.41, 5.74) is 5.59. The third-order valence-corrected chi connectivity index (χ3v) is 8.62. The Morgan fingerprint density at radius 1 is 1.23 bits per heavy atom. The number of anilines is 2. The number of nitrogens with zero attached hydrogens (tertiary/aromatic N) is 5. The molecule has 1 saturated carbocycles. The Hall–Kier alpha value is -3.32. The van der Waals surface area contributed by atoms with Crippen LogP contribution >= 0.6 is 13.5 Å². The zero-order chi connectivity index (χ0) is 27.1. The fourth-order valence-electron chi connectivity index (χ4n) is 5.14. The number of hydrogen-bond acceptors (Lipinski definition) is 9. The van der Waals surface area contributed by atoms with Gasteiger partial charge in [-0.05, 0) is 69.2 Å². The maximum atomic E-state index is 13.4. The molecule has 3 aromatic rings. The maximum Gasteiger partial charge on any atom is 0.268 e. The van der Waals surface area contributed by atoms with Crippen LogP contribution in [0.3, 0.4) is 0 Å². The van der Waals surface area contributed by atoms with E-state index in [0.29, 0.717) is 42.5 Å². The molecule has 1 saturated heterocycles. The molecule has 4 heterocycles. The van der Waals surface area contributed by atoms with Crippen LogP contribution in [0.4, 0.5) is 11.6 Å². The smallest absolute Gasteiger partial charge is 0.268 e. The van der Waals surface area contributed by atoms with E-state index in [-0.39, 0.29) is 35.3 Å². The molecule has 0 aromatic carbocycles. The maximum absolute atomic E-state index is 13.4. The van der Waals surface area contributed by atoms with Crippen molar-refractivity contribution in [3.63, 3.8) is 0 Å². The molecule has 13 heteroatoms. The van der Waals surface area contributed by atoms with Crippen LogP contribution in [0.2, 0.25) is 0 Å². The van der Waals surface area contributed by atoms with Crippen molar-refractivity contribution >= 4 is 41.1 Å². The molecule has 0 unspecified atom stereocenters. The van der Waals surface area contributed by atoms with E-state index in [2.05, 4.69) is 40.5 Å². The van der Waals surface area contributed by atoms with Crippen LogP contribution in [-0.4, -0.2) is 52.8 Å². The summed E-state index contributed by atoms with van der Waals surface area (Å²) in [6.07, 6.45) is 7.65. The number of nitrogen functional groups attached to an aromatic ring is 1. The first-order chi connectivity index (χ1) is 18.0. The van der Waals surface area contributed by atoms with E-state index in [1.807, 2.05) is 0 Å². The van der Waals surface area contributed by atoms with Gasteiger partial charge in [-0.25, -0.2) is 27.8 Å². The molecule has 0 radical (unpaired) electrons. The summed E-state index contributed by atoms with van der Waals surface area (Å²) in [7, 11) is -4.26. The number of hydrogen-bond donors (Lipinski definition) is 2. The second kappa shape index (κ2) is 11.0.